The van der Waals surface area contributed by atoms with E-state index in [0.29, 0.717) is 34.9 Å². The number of nitrogens with zero attached hydrogens (tertiary/aromatic N) is 4. The van der Waals surface area contributed by atoms with Crippen molar-refractivity contribution in [3.63, 3.8) is 0 Å². The first-order valence-corrected chi connectivity index (χ1v) is 13.5. The molecule has 0 saturated carbocycles. The molecule has 0 amide bonds. The quantitative estimate of drug-likeness (QED) is 0.269. The second kappa shape index (κ2) is 10.2. The number of aliphatic hydroxyl groups is 2. The van der Waals surface area contributed by atoms with Gasteiger partial charge in [-0.3, -0.25) is 0 Å². The number of hydrogen-bond acceptors (Lipinski definition) is 11. The molecule has 3 heterocycles. The molecule has 2 aromatic heterocycles. The van der Waals surface area contributed by atoms with Crippen LogP contribution in [0.3, 0.4) is 0 Å². The molecule has 4 N–H and O–H groups in total. The van der Waals surface area contributed by atoms with Crippen LogP contribution in [0, 0.1) is 0 Å². The minimum atomic E-state index is -3.43. The molecule has 0 fully saturated rings. The minimum Gasteiger partial charge on any atom is -0.394 e. The number of hydrogen-bond donors (Lipinski definition) is 4. The lowest BCUT2D eigenvalue weighted by Gasteiger charge is -2.22. The zero-order chi connectivity index (χ0) is 26.0. The molecular weight excluding hydrogens is 496 g/mol. The molecule has 12 heteroatoms. The van der Waals surface area contributed by atoms with Gasteiger partial charge in [0.2, 0.25) is 5.95 Å². The number of aliphatic hydroxyl groups excluding tert-OH is 2. The summed E-state index contributed by atoms with van der Waals surface area (Å²) in [5.74, 6) is 1.24. The van der Waals surface area contributed by atoms with Gasteiger partial charge in [-0.05, 0) is 30.2 Å². The number of nitrogens with one attached hydrogen (secondary N) is 2. The fraction of sp³-hybridized carbons (Fsp3) is 0.280. The SMILES string of the molecule is CCc1noc(-c2cnc(Nc3ccc4c(c3)C(O)CCS4(=O)=O)nc2N[C@H](CO)c2ccccc2)n1. The molecule has 1 aliphatic heterocycles. The lowest BCUT2D eigenvalue weighted by Crippen LogP contribution is -2.20. The number of aromatic nitrogens is 4. The summed E-state index contributed by atoms with van der Waals surface area (Å²) in [6.45, 7) is 1.71. The first-order valence-electron chi connectivity index (χ1n) is 11.8. The van der Waals surface area contributed by atoms with Gasteiger partial charge >= 0.3 is 0 Å². The normalized spacial score (nSPS) is 17.1. The second-order valence-corrected chi connectivity index (χ2v) is 10.7. The maximum Gasteiger partial charge on any atom is 0.263 e. The van der Waals surface area contributed by atoms with Crippen LogP contribution >= 0.6 is 0 Å². The summed E-state index contributed by atoms with van der Waals surface area (Å²) in [4.78, 5) is 13.5. The van der Waals surface area contributed by atoms with Crippen LogP contribution in [0.4, 0.5) is 17.5 Å². The highest BCUT2D eigenvalue weighted by atomic mass is 32.2. The summed E-state index contributed by atoms with van der Waals surface area (Å²) in [6, 6.07) is 13.6. The Morgan fingerprint density at radius 3 is 2.70 bits per heavy atom. The topological polar surface area (TPSA) is 163 Å². The highest BCUT2D eigenvalue weighted by Gasteiger charge is 2.29. The van der Waals surface area contributed by atoms with Crippen molar-refractivity contribution >= 4 is 27.3 Å². The lowest BCUT2D eigenvalue weighted by atomic mass is 10.1. The Hall–Kier alpha value is -3.87. The first-order chi connectivity index (χ1) is 17.9. The summed E-state index contributed by atoms with van der Waals surface area (Å²) < 4.78 is 30.1. The van der Waals surface area contributed by atoms with Gasteiger partial charge in [0.25, 0.3) is 5.89 Å². The largest absolute Gasteiger partial charge is 0.394 e. The standard InChI is InChI=1S/C25H26N6O5S/c1-2-22-29-24(36-31-22)18-13-26-25(30-23(18)28-19(14-32)15-6-4-3-5-7-15)27-16-8-9-21-17(12-16)20(33)10-11-37(21,34)35/h3-9,12-13,19-20,32-33H,2,10-11,14H2,1H3,(H2,26,27,28,30)/t19-,20?/m1/s1. The molecule has 5 rings (SSSR count). The van der Waals surface area contributed by atoms with Crippen molar-refractivity contribution in [1.29, 1.82) is 0 Å². The first kappa shape index (κ1) is 24.8. The fourth-order valence-corrected chi connectivity index (χ4v) is 5.71. The van der Waals surface area contributed by atoms with Gasteiger partial charge in [-0.25, -0.2) is 13.4 Å². The third-order valence-corrected chi connectivity index (χ3v) is 7.93. The Morgan fingerprint density at radius 2 is 1.97 bits per heavy atom. The van der Waals surface area contributed by atoms with E-state index >= 15 is 0 Å². The van der Waals surface area contributed by atoms with E-state index in [1.165, 1.54) is 12.3 Å². The van der Waals surface area contributed by atoms with Gasteiger partial charge in [0, 0.05) is 23.9 Å². The maximum atomic E-state index is 12.4. The van der Waals surface area contributed by atoms with E-state index in [4.69, 9.17) is 4.52 Å². The number of anilines is 3. The molecule has 11 nitrogen and oxygen atoms in total. The molecule has 0 aliphatic carbocycles. The average molecular weight is 523 g/mol. The van der Waals surface area contributed by atoms with Gasteiger partial charge in [-0.15, -0.1) is 0 Å². The molecular formula is C25H26N6O5S. The van der Waals surface area contributed by atoms with Crippen LogP contribution in [-0.4, -0.2) is 51.1 Å². The van der Waals surface area contributed by atoms with Crippen LogP contribution in [0.2, 0.25) is 0 Å². The molecule has 1 unspecified atom stereocenters. The maximum absolute atomic E-state index is 12.4. The van der Waals surface area contributed by atoms with Crippen molar-refractivity contribution in [2.45, 2.75) is 36.8 Å². The van der Waals surface area contributed by atoms with Crippen molar-refractivity contribution in [3.05, 3.63) is 71.7 Å². The third-order valence-electron chi connectivity index (χ3n) is 6.12. The summed E-state index contributed by atoms with van der Waals surface area (Å²) in [6.07, 6.45) is 1.39. The fourth-order valence-electron chi connectivity index (χ4n) is 4.13. The predicted octanol–water partition coefficient (Wildman–Crippen LogP) is 3.19. The molecule has 2 atom stereocenters. The molecule has 0 spiro atoms. The van der Waals surface area contributed by atoms with Crippen molar-refractivity contribution in [2.75, 3.05) is 23.0 Å². The van der Waals surface area contributed by atoms with Crippen LogP contribution in [0.5, 0.6) is 0 Å². The number of benzene rings is 2. The molecule has 192 valence electrons. The summed E-state index contributed by atoms with van der Waals surface area (Å²) in [5, 5.41) is 30.7. The van der Waals surface area contributed by atoms with Gasteiger partial charge in [0.15, 0.2) is 15.7 Å². The number of fused-ring (bicyclic) bond motifs is 1. The average Bonchev–Trinajstić information content (AvgIpc) is 3.39. The Morgan fingerprint density at radius 1 is 1.16 bits per heavy atom. The lowest BCUT2D eigenvalue weighted by molar-refractivity contribution is 0.168. The van der Waals surface area contributed by atoms with Gasteiger partial charge in [-0.1, -0.05) is 42.4 Å². The van der Waals surface area contributed by atoms with Gasteiger partial charge in [0.1, 0.15) is 11.4 Å². The Kier molecular flexibility index (Phi) is 6.87. The van der Waals surface area contributed by atoms with Crippen LogP contribution in [0.15, 0.2) is 64.1 Å². The second-order valence-electron chi connectivity index (χ2n) is 8.62. The number of aryl methyl sites for hydroxylation is 1. The highest BCUT2D eigenvalue weighted by molar-refractivity contribution is 7.91. The molecule has 1 aliphatic rings. The van der Waals surface area contributed by atoms with Crippen LogP contribution < -0.4 is 10.6 Å². The molecule has 4 aromatic rings. The van der Waals surface area contributed by atoms with Crippen molar-refractivity contribution in [2.24, 2.45) is 0 Å². The van der Waals surface area contributed by atoms with Gasteiger partial charge in [-0.2, -0.15) is 9.97 Å². The van der Waals surface area contributed by atoms with Crippen molar-refractivity contribution in [3.8, 4) is 11.5 Å². The van der Waals surface area contributed by atoms with Crippen molar-refractivity contribution < 1.29 is 23.2 Å². The summed E-state index contributed by atoms with van der Waals surface area (Å²) in [7, 11) is -3.43. The zero-order valence-electron chi connectivity index (χ0n) is 20.0. The molecule has 0 bridgehead atoms. The summed E-state index contributed by atoms with van der Waals surface area (Å²) in [5.41, 5.74) is 2.17. The smallest absolute Gasteiger partial charge is 0.263 e. The van der Waals surface area contributed by atoms with Crippen LogP contribution in [0.25, 0.3) is 11.5 Å². The van der Waals surface area contributed by atoms with Crippen LogP contribution in [-0.2, 0) is 16.3 Å². The minimum absolute atomic E-state index is 0.0869. The Balaban J connectivity index is 1.50. The molecule has 0 saturated heterocycles. The third kappa shape index (κ3) is 5.17. The summed E-state index contributed by atoms with van der Waals surface area (Å²) >= 11 is 0. The van der Waals surface area contributed by atoms with Crippen molar-refractivity contribution in [1.82, 2.24) is 20.1 Å². The van der Waals surface area contributed by atoms with Gasteiger partial charge < -0.3 is 25.4 Å². The molecule has 2 aromatic carbocycles. The van der Waals surface area contributed by atoms with Crippen LogP contribution in [0.1, 0.15) is 42.4 Å². The predicted molar refractivity (Wildman–Crippen MR) is 136 cm³/mol. The molecule has 0 radical (unpaired) electrons. The van der Waals surface area contributed by atoms with E-state index in [1.807, 2.05) is 37.3 Å². The zero-order valence-corrected chi connectivity index (χ0v) is 20.8. The number of sulfone groups is 1. The van der Waals surface area contributed by atoms with E-state index in [2.05, 4.69) is 30.7 Å². The molecule has 37 heavy (non-hydrogen) atoms. The Bertz CT molecular complexity index is 1510. The van der Waals surface area contributed by atoms with E-state index in [1.54, 1.807) is 12.1 Å². The van der Waals surface area contributed by atoms with Gasteiger partial charge in [0.05, 0.1) is 29.4 Å². The van der Waals surface area contributed by atoms with E-state index in [-0.39, 0.29) is 35.5 Å². The van der Waals surface area contributed by atoms with E-state index < -0.39 is 22.0 Å². The van der Waals surface area contributed by atoms with E-state index in [9.17, 15) is 18.6 Å². The number of rotatable bonds is 8. The highest BCUT2D eigenvalue weighted by Crippen LogP contribution is 2.35. The Labute approximate surface area is 213 Å². The van der Waals surface area contributed by atoms with E-state index in [0.717, 1.165) is 5.56 Å². The monoisotopic (exact) mass is 522 g/mol.